The molecule has 0 unspecified atom stereocenters. The van der Waals surface area contributed by atoms with Gasteiger partial charge in [-0.2, -0.15) is 0 Å². The molecule has 0 spiro atoms. The largest absolute Gasteiger partial charge is 0.444 e. The van der Waals surface area contributed by atoms with Crippen LogP contribution in [-0.4, -0.2) is 53.6 Å². The monoisotopic (exact) mass is 345 g/mol. The molecular formula is C17H23N5O3. The minimum absolute atomic E-state index is 0.199. The summed E-state index contributed by atoms with van der Waals surface area (Å²) in [7, 11) is 0. The summed E-state index contributed by atoms with van der Waals surface area (Å²) in [5.41, 5.74) is 9.65. The molecule has 1 heterocycles. The number of amides is 2. The van der Waals surface area contributed by atoms with E-state index in [4.69, 9.17) is 10.3 Å². The summed E-state index contributed by atoms with van der Waals surface area (Å²) >= 11 is 0. The highest BCUT2D eigenvalue weighted by molar-refractivity contribution is 5.99. The molecule has 2 rings (SSSR count). The van der Waals surface area contributed by atoms with E-state index >= 15 is 0 Å². The van der Waals surface area contributed by atoms with Crippen LogP contribution in [0, 0.1) is 6.92 Å². The molecule has 1 aromatic rings. The Morgan fingerprint density at radius 3 is 2.32 bits per heavy atom. The number of carbonyl (C=O) groups excluding carboxylic acids is 2. The lowest BCUT2D eigenvalue weighted by Gasteiger charge is -2.35. The molecule has 134 valence electrons. The van der Waals surface area contributed by atoms with Crippen molar-refractivity contribution in [1.29, 1.82) is 0 Å². The standard InChI is InChI=1S/C17H23N5O3/c1-12-6-5-7-13(14(12)19-20-18)15(23)21-8-10-22(11-9-21)16(24)25-17(2,3)4/h5-7H,8-11H2,1-4H3. The molecule has 1 aliphatic rings. The van der Waals surface area contributed by atoms with Crippen molar-refractivity contribution >= 4 is 17.7 Å². The van der Waals surface area contributed by atoms with Crippen LogP contribution >= 0.6 is 0 Å². The lowest BCUT2D eigenvalue weighted by Crippen LogP contribution is -2.51. The zero-order chi connectivity index (χ0) is 18.6. The van der Waals surface area contributed by atoms with Crippen molar-refractivity contribution in [3.05, 3.63) is 39.8 Å². The van der Waals surface area contributed by atoms with Crippen LogP contribution in [0.25, 0.3) is 10.4 Å². The van der Waals surface area contributed by atoms with Crippen molar-refractivity contribution in [1.82, 2.24) is 9.80 Å². The molecule has 1 saturated heterocycles. The molecule has 0 aromatic heterocycles. The van der Waals surface area contributed by atoms with E-state index in [-0.39, 0.29) is 12.0 Å². The first-order valence-corrected chi connectivity index (χ1v) is 8.15. The van der Waals surface area contributed by atoms with E-state index in [0.29, 0.717) is 37.4 Å². The average molecular weight is 345 g/mol. The Hall–Kier alpha value is -2.73. The highest BCUT2D eigenvalue weighted by Crippen LogP contribution is 2.26. The third-order valence-electron chi connectivity index (χ3n) is 3.83. The number of hydrogen-bond acceptors (Lipinski definition) is 4. The van der Waals surface area contributed by atoms with Gasteiger partial charge < -0.3 is 14.5 Å². The number of ether oxygens (including phenoxy) is 1. The number of nitrogens with zero attached hydrogens (tertiary/aromatic N) is 5. The Morgan fingerprint density at radius 2 is 1.76 bits per heavy atom. The summed E-state index contributed by atoms with van der Waals surface area (Å²) in [6.07, 6.45) is -0.370. The van der Waals surface area contributed by atoms with Gasteiger partial charge in [0.05, 0.1) is 5.69 Å². The number of carbonyl (C=O) groups is 2. The van der Waals surface area contributed by atoms with Gasteiger partial charge in [0.25, 0.3) is 5.91 Å². The van der Waals surface area contributed by atoms with Crippen LogP contribution in [0.4, 0.5) is 10.5 Å². The van der Waals surface area contributed by atoms with E-state index in [0.717, 1.165) is 5.56 Å². The minimum atomic E-state index is -0.546. The SMILES string of the molecule is Cc1cccc(C(=O)N2CCN(C(=O)OC(C)(C)C)CC2)c1N=[N+]=[N-]. The number of benzene rings is 1. The summed E-state index contributed by atoms with van der Waals surface area (Å²) in [6, 6.07) is 5.21. The van der Waals surface area contributed by atoms with Crippen LogP contribution in [0.2, 0.25) is 0 Å². The minimum Gasteiger partial charge on any atom is -0.444 e. The molecule has 25 heavy (non-hydrogen) atoms. The van der Waals surface area contributed by atoms with Gasteiger partial charge >= 0.3 is 6.09 Å². The van der Waals surface area contributed by atoms with Crippen LogP contribution < -0.4 is 0 Å². The molecule has 0 aliphatic carbocycles. The molecule has 0 atom stereocenters. The third-order valence-corrected chi connectivity index (χ3v) is 3.83. The van der Waals surface area contributed by atoms with Crippen molar-refractivity contribution in [3.63, 3.8) is 0 Å². The van der Waals surface area contributed by atoms with Gasteiger partial charge in [0.2, 0.25) is 0 Å². The highest BCUT2D eigenvalue weighted by Gasteiger charge is 2.28. The van der Waals surface area contributed by atoms with Gasteiger partial charge in [-0.15, -0.1) is 0 Å². The first kappa shape index (κ1) is 18.6. The van der Waals surface area contributed by atoms with Gasteiger partial charge in [-0.25, -0.2) is 4.79 Å². The highest BCUT2D eigenvalue weighted by atomic mass is 16.6. The second-order valence-corrected chi connectivity index (χ2v) is 6.92. The predicted molar refractivity (Wildman–Crippen MR) is 93.7 cm³/mol. The average Bonchev–Trinajstić information content (AvgIpc) is 2.55. The lowest BCUT2D eigenvalue weighted by atomic mass is 10.1. The van der Waals surface area contributed by atoms with Crippen LogP contribution in [0.1, 0.15) is 36.7 Å². The van der Waals surface area contributed by atoms with Crippen molar-refractivity contribution in [2.45, 2.75) is 33.3 Å². The summed E-state index contributed by atoms with van der Waals surface area (Å²) in [5.74, 6) is -0.199. The van der Waals surface area contributed by atoms with E-state index < -0.39 is 5.60 Å². The molecule has 8 heteroatoms. The first-order chi connectivity index (χ1) is 11.7. The van der Waals surface area contributed by atoms with E-state index in [1.165, 1.54) is 0 Å². The van der Waals surface area contributed by atoms with Gasteiger partial charge in [0.1, 0.15) is 5.60 Å². The van der Waals surface area contributed by atoms with Crippen molar-refractivity contribution in [2.24, 2.45) is 5.11 Å². The van der Waals surface area contributed by atoms with Gasteiger partial charge in [-0.05, 0) is 44.9 Å². The third kappa shape index (κ3) is 4.64. The van der Waals surface area contributed by atoms with Crippen molar-refractivity contribution < 1.29 is 14.3 Å². The predicted octanol–water partition coefficient (Wildman–Crippen LogP) is 3.63. The van der Waals surface area contributed by atoms with E-state index in [1.807, 2.05) is 20.8 Å². The number of azide groups is 1. The van der Waals surface area contributed by atoms with Crippen LogP contribution in [0.3, 0.4) is 0 Å². The summed E-state index contributed by atoms with van der Waals surface area (Å²) < 4.78 is 5.35. The Morgan fingerprint density at radius 1 is 1.16 bits per heavy atom. The lowest BCUT2D eigenvalue weighted by molar-refractivity contribution is 0.0141. The smallest absolute Gasteiger partial charge is 0.410 e. The quantitative estimate of drug-likeness (QED) is 0.465. The summed E-state index contributed by atoms with van der Waals surface area (Å²) in [6.45, 7) is 8.87. The molecule has 1 aliphatic heterocycles. The molecule has 0 radical (unpaired) electrons. The summed E-state index contributed by atoms with van der Waals surface area (Å²) in [4.78, 5) is 30.9. The normalized spacial score (nSPS) is 14.7. The topological polar surface area (TPSA) is 98.6 Å². The fourth-order valence-corrected chi connectivity index (χ4v) is 2.60. The fraction of sp³-hybridized carbons (Fsp3) is 0.529. The molecule has 0 N–H and O–H groups in total. The van der Waals surface area contributed by atoms with Gasteiger partial charge in [0, 0.05) is 36.7 Å². The maximum atomic E-state index is 12.8. The number of aryl methyl sites for hydroxylation is 1. The second-order valence-electron chi connectivity index (χ2n) is 6.92. The van der Waals surface area contributed by atoms with Crippen LogP contribution in [-0.2, 0) is 4.74 Å². The van der Waals surface area contributed by atoms with E-state index in [9.17, 15) is 9.59 Å². The molecular weight excluding hydrogens is 322 g/mol. The molecule has 1 aromatic carbocycles. The fourth-order valence-electron chi connectivity index (χ4n) is 2.60. The molecule has 8 nitrogen and oxygen atoms in total. The van der Waals surface area contributed by atoms with Crippen LogP contribution in [0.5, 0.6) is 0 Å². The van der Waals surface area contributed by atoms with Gasteiger partial charge in [-0.1, -0.05) is 17.2 Å². The van der Waals surface area contributed by atoms with Crippen molar-refractivity contribution in [3.8, 4) is 0 Å². The van der Waals surface area contributed by atoms with Crippen LogP contribution in [0.15, 0.2) is 23.3 Å². The molecule has 0 saturated carbocycles. The Balaban J connectivity index is 2.06. The Labute approximate surface area is 147 Å². The number of rotatable bonds is 2. The Bertz CT molecular complexity index is 711. The second kappa shape index (κ2) is 7.44. The van der Waals surface area contributed by atoms with Gasteiger partial charge in [0.15, 0.2) is 0 Å². The zero-order valence-electron chi connectivity index (χ0n) is 15.0. The number of hydrogen-bond donors (Lipinski definition) is 0. The number of piperazine rings is 1. The van der Waals surface area contributed by atoms with Gasteiger partial charge in [-0.3, -0.25) is 4.79 Å². The maximum absolute atomic E-state index is 12.8. The molecule has 2 amide bonds. The Kier molecular flexibility index (Phi) is 5.54. The van der Waals surface area contributed by atoms with Crippen molar-refractivity contribution in [2.75, 3.05) is 26.2 Å². The maximum Gasteiger partial charge on any atom is 0.410 e. The van der Waals surface area contributed by atoms with E-state index in [2.05, 4.69) is 10.0 Å². The molecule has 0 bridgehead atoms. The zero-order valence-corrected chi connectivity index (χ0v) is 15.0. The van der Waals surface area contributed by atoms with E-state index in [1.54, 1.807) is 34.9 Å². The summed E-state index contributed by atoms with van der Waals surface area (Å²) in [5, 5.41) is 3.65. The first-order valence-electron chi connectivity index (χ1n) is 8.15. The molecule has 1 fully saturated rings.